The van der Waals surface area contributed by atoms with E-state index in [4.69, 9.17) is 38.5 Å². The van der Waals surface area contributed by atoms with Gasteiger partial charge in [-0.25, -0.2) is 9.13 Å². The molecule has 10 heteroatoms. The normalized spacial score (nSPS) is 7.30. The summed E-state index contributed by atoms with van der Waals surface area (Å²) in [6.07, 6.45) is 0. The minimum absolute atomic E-state index is 2.00. The molecule has 0 fully saturated rings. The predicted molar refractivity (Wildman–Crippen MR) is 85.2 cm³/mol. The summed E-state index contributed by atoms with van der Waals surface area (Å²) >= 11 is 0. The van der Waals surface area contributed by atoms with Gasteiger partial charge in [0.25, 0.3) is 0 Å². The summed E-state index contributed by atoms with van der Waals surface area (Å²) < 4.78 is 17.8. The lowest BCUT2D eigenvalue weighted by Gasteiger charge is -1.82. The van der Waals surface area contributed by atoms with Gasteiger partial charge in [-0.3, -0.25) is 0 Å². The molecule has 0 bridgehead atoms. The highest BCUT2D eigenvalue weighted by Crippen LogP contribution is 2.26. The minimum Gasteiger partial charge on any atom is -0.303 e. The second-order valence-electron chi connectivity index (χ2n) is 1.03. The Bertz CT molecular complexity index is 151. The fourth-order valence-corrected chi connectivity index (χ4v) is 0. The van der Waals surface area contributed by atoms with Crippen molar-refractivity contribution in [3.63, 3.8) is 0 Å². The first kappa shape index (κ1) is 42.7. The van der Waals surface area contributed by atoms with Crippen LogP contribution in [0.15, 0.2) is 13.2 Å². The van der Waals surface area contributed by atoms with Crippen LogP contribution in [0.2, 0.25) is 0 Å². The van der Waals surface area contributed by atoms with Crippen LogP contribution in [0.4, 0.5) is 0 Å². The molecule has 0 aliphatic rings. The topological polar surface area (TPSA) is 156 Å². The van der Waals surface area contributed by atoms with E-state index in [0.29, 0.717) is 0 Å². The maximum absolute atomic E-state index is 8.88. The van der Waals surface area contributed by atoms with Crippen molar-refractivity contribution in [3.05, 3.63) is 13.2 Å². The molecule has 0 aromatic carbocycles. The van der Waals surface area contributed by atoms with Gasteiger partial charge in [0.05, 0.1) is 0 Å². The van der Waals surface area contributed by atoms with Gasteiger partial charge in [0.2, 0.25) is 0 Å². The van der Waals surface area contributed by atoms with E-state index < -0.39 is 15.6 Å². The van der Waals surface area contributed by atoms with Crippen molar-refractivity contribution >= 4 is 15.6 Å². The summed E-state index contributed by atoms with van der Waals surface area (Å²) in [5.41, 5.74) is 0. The van der Waals surface area contributed by atoms with E-state index in [9.17, 15) is 0 Å². The summed E-state index contributed by atoms with van der Waals surface area (Å²) in [5.74, 6) is 0. The van der Waals surface area contributed by atoms with E-state index in [1.165, 1.54) is 0 Å². The van der Waals surface area contributed by atoms with Crippen molar-refractivity contribution in [1.29, 1.82) is 0 Å². The zero-order chi connectivity index (χ0) is 19.0. The highest BCUT2D eigenvalue weighted by molar-refractivity contribution is 7.45. The summed E-state index contributed by atoms with van der Waals surface area (Å²) in [7, 11) is -9.28. The fraction of sp³-hybridized carbons (Fsp3) is 0.800. The molecule has 132 valence electrons. The van der Waals surface area contributed by atoms with Gasteiger partial charge < -0.3 is 29.4 Å². The Kier molecular flexibility index (Phi) is 91.3. The van der Waals surface area contributed by atoms with Crippen LogP contribution in [0.25, 0.3) is 0 Å². The average Bonchev–Trinajstić information content (AvgIpc) is 2.37. The number of hydrogen-bond acceptors (Lipinski definition) is 2. The van der Waals surface area contributed by atoms with Gasteiger partial charge in [0.15, 0.2) is 0 Å². The standard InChI is InChI=1S/4C2H6.C2H4.2H3O4P/c5*1-2;2*1-5(2,3)4/h4*1-2H3;1-2H2;2*(H3,1,2,3,4). The molecule has 0 radical (unpaired) electrons. The van der Waals surface area contributed by atoms with E-state index in [1.807, 2.05) is 55.4 Å². The Balaban J connectivity index is -0.0000000211. The Morgan fingerprint density at radius 2 is 0.500 bits per heavy atom. The second kappa shape index (κ2) is 42.8. The largest absolute Gasteiger partial charge is 0.466 e. The molecule has 20 heavy (non-hydrogen) atoms. The SMILES string of the molecule is C=C.CC.CC.CC.CC.O=P(O)(O)O.O=P(O)(O)O. The van der Waals surface area contributed by atoms with Gasteiger partial charge in [-0.15, -0.1) is 13.2 Å². The Morgan fingerprint density at radius 1 is 0.500 bits per heavy atom. The third-order valence-electron chi connectivity index (χ3n) is 0. The number of phosphoric acid groups is 2. The van der Waals surface area contributed by atoms with Crippen LogP contribution in [0.3, 0.4) is 0 Å². The first-order chi connectivity index (χ1) is 9.00. The van der Waals surface area contributed by atoms with Crippen LogP contribution < -0.4 is 0 Å². The zero-order valence-corrected chi connectivity index (χ0v) is 15.6. The van der Waals surface area contributed by atoms with Crippen molar-refractivity contribution in [2.45, 2.75) is 55.4 Å². The molecule has 0 spiro atoms. The summed E-state index contributed by atoms with van der Waals surface area (Å²) in [4.78, 5) is 43.1. The quantitative estimate of drug-likeness (QED) is 0.289. The molecule has 0 saturated carbocycles. The smallest absolute Gasteiger partial charge is 0.303 e. The first-order valence-corrected chi connectivity index (χ1v) is 9.20. The Labute approximate surface area is 123 Å². The number of hydrogen-bond donors (Lipinski definition) is 6. The summed E-state index contributed by atoms with van der Waals surface area (Å²) in [6.45, 7) is 22.0. The molecule has 0 aliphatic carbocycles. The minimum atomic E-state index is -4.64. The van der Waals surface area contributed by atoms with Crippen molar-refractivity contribution in [2.24, 2.45) is 0 Å². The maximum Gasteiger partial charge on any atom is 0.466 e. The molecule has 6 N–H and O–H groups in total. The van der Waals surface area contributed by atoms with Crippen LogP contribution in [0.5, 0.6) is 0 Å². The highest BCUT2D eigenvalue weighted by Gasteiger charge is 2.00. The molecule has 0 atom stereocenters. The van der Waals surface area contributed by atoms with Gasteiger partial charge >= 0.3 is 15.6 Å². The van der Waals surface area contributed by atoms with Crippen molar-refractivity contribution in [3.8, 4) is 0 Å². The van der Waals surface area contributed by atoms with E-state index in [-0.39, 0.29) is 0 Å². The Morgan fingerprint density at radius 3 is 0.500 bits per heavy atom. The van der Waals surface area contributed by atoms with Gasteiger partial charge in [-0.1, -0.05) is 55.4 Å². The molecule has 0 rings (SSSR count). The van der Waals surface area contributed by atoms with E-state index in [0.717, 1.165) is 0 Å². The van der Waals surface area contributed by atoms with Crippen molar-refractivity contribution < 1.29 is 38.5 Å². The lowest BCUT2D eigenvalue weighted by atomic mass is 11.0. The third kappa shape index (κ3) is 3230000. The predicted octanol–water partition coefficient (Wildman–Crippen LogP) is 3.05. The molecule has 0 aliphatic heterocycles. The zero-order valence-electron chi connectivity index (χ0n) is 13.8. The molecule has 8 nitrogen and oxygen atoms in total. The van der Waals surface area contributed by atoms with Crippen LogP contribution in [0.1, 0.15) is 55.4 Å². The molecule has 0 heterocycles. The van der Waals surface area contributed by atoms with E-state index >= 15 is 0 Å². The third-order valence-corrected chi connectivity index (χ3v) is 0. The fourth-order valence-electron chi connectivity index (χ4n) is 0. The maximum atomic E-state index is 8.88. The van der Waals surface area contributed by atoms with Crippen LogP contribution in [0, 0.1) is 0 Å². The van der Waals surface area contributed by atoms with Gasteiger partial charge in [-0.2, -0.15) is 0 Å². The van der Waals surface area contributed by atoms with Crippen molar-refractivity contribution in [2.75, 3.05) is 0 Å². The Hall–Kier alpha value is -0.0400. The molecule has 0 amide bonds. The molecule has 0 saturated heterocycles. The lowest BCUT2D eigenvalue weighted by Crippen LogP contribution is -1.66. The summed E-state index contributed by atoms with van der Waals surface area (Å²) in [6, 6.07) is 0. The monoisotopic (exact) mass is 344 g/mol. The number of rotatable bonds is 0. The van der Waals surface area contributed by atoms with Crippen LogP contribution >= 0.6 is 15.6 Å². The molecule has 0 aromatic rings. The molecule has 0 aromatic heterocycles. The van der Waals surface area contributed by atoms with E-state index in [2.05, 4.69) is 13.2 Å². The van der Waals surface area contributed by atoms with Gasteiger partial charge in [-0.05, 0) is 0 Å². The van der Waals surface area contributed by atoms with Crippen molar-refractivity contribution in [1.82, 2.24) is 0 Å². The summed E-state index contributed by atoms with van der Waals surface area (Å²) in [5, 5.41) is 0. The molecular formula is C10H34O8P2. The van der Waals surface area contributed by atoms with Gasteiger partial charge in [0.1, 0.15) is 0 Å². The van der Waals surface area contributed by atoms with Crippen LogP contribution in [-0.4, -0.2) is 29.4 Å². The molecule has 0 unspecified atom stereocenters. The lowest BCUT2D eigenvalue weighted by molar-refractivity contribution is 0.272. The average molecular weight is 344 g/mol. The first-order valence-electron chi connectivity index (χ1n) is 6.07. The van der Waals surface area contributed by atoms with Crippen LogP contribution in [-0.2, 0) is 9.13 Å². The molecular weight excluding hydrogens is 310 g/mol. The van der Waals surface area contributed by atoms with Gasteiger partial charge in [0, 0.05) is 0 Å². The van der Waals surface area contributed by atoms with E-state index in [1.54, 1.807) is 0 Å². The highest BCUT2D eigenvalue weighted by atomic mass is 31.2. The second-order valence-corrected chi connectivity index (χ2v) is 3.08.